The fraction of sp³-hybridized carbons (Fsp3) is 0.417. The smallest absolute Gasteiger partial charge is 0.342 e. The van der Waals surface area contributed by atoms with E-state index in [0.717, 1.165) is 40.7 Å². The average Bonchev–Trinajstić information content (AvgIpc) is 2.72. The summed E-state index contributed by atoms with van der Waals surface area (Å²) in [6, 6.07) is 7.75. The van der Waals surface area contributed by atoms with Crippen LogP contribution in [-0.2, 0) is 33.2 Å². The molecule has 1 aliphatic rings. The Hall–Kier alpha value is -2.47. The maximum atomic E-state index is 12.9. The molecule has 30 heavy (non-hydrogen) atoms. The maximum Gasteiger partial charge on any atom is 0.342 e. The van der Waals surface area contributed by atoms with E-state index in [-0.39, 0.29) is 17.8 Å². The summed E-state index contributed by atoms with van der Waals surface area (Å²) in [4.78, 5) is 17.1. The van der Waals surface area contributed by atoms with Crippen LogP contribution in [-0.4, -0.2) is 32.1 Å². The number of ether oxygens (including phenoxy) is 1. The van der Waals surface area contributed by atoms with Crippen LogP contribution < -0.4 is 0 Å². The summed E-state index contributed by atoms with van der Waals surface area (Å²) >= 11 is 0. The number of aryl methyl sites for hydroxylation is 4. The molecule has 1 aliphatic heterocycles. The molecule has 3 rings (SSSR count). The van der Waals surface area contributed by atoms with Crippen LogP contribution in [0.4, 0.5) is 0 Å². The summed E-state index contributed by atoms with van der Waals surface area (Å²) in [5.41, 5.74) is 5.31. The van der Waals surface area contributed by atoms with Crippen LogP contribution in [0.2, 0.25) is 0 Å². The van der Waals surface area contributed by atoms with Crippen LogP contribution in [0.5, 0.6) is 0 Å². The highest BCUT2D eigenvalue weighted by atomic mass is 32.2. The van der Waals surface area contributed by atoms with E-state index in [9.17, 15) is 14.1 Å². The molecule has 0 fully saturated rings. The van der Waals surface area contributed by atoms with E-state index in [0.29, 0.717) is 17.2 Å². The SMILES string of the molecule is CCc1cc(C)cc(CC)c1C1=C(O)CC(CCS(=O)c2ccc(C)cn2)OC1=O. The molecule has 0 saturated carbocycles. The molecule has 2 unspecified atom stereocenters. The minimum atomic E-state index is -1.27. The number of hydrogen-bond acceptors (Lipinski definition) is 5. The van der Waals surface area contributed by atoms with Crippen molar-refractivity contribution in [2.75, 3.05) is 5.75 Å². The Morgan fingerprint density at radius 1 is 1.13 bits per heavy atom. The number of pyridine rings is 1. The average molecular weight is 428 g/mol. The summed E-state index contributed by atoms with van der Waals surface area (Å²) < 4.78 is 18.1. The van der Waals surface area contributed by atoms with Gasteiger partial charge in [0.1, 0.15) is 22.5 Å². The van der Waals surface area contributed by atoms with Gasteiger partial charge < -0.3 is 9.84 Å². The fourth-order valence-corrected chi connectivity index (χ4v) is 4.92. The van der Waals surface area contributed by atoms with Gasteiger partial charge in [-0.05, 0) is 61.4 Å². The summed E-state index contributed by atoms with van der Waals surface area (Å²) in [7, 11) is -1.27. The number of aromatic nitrogens is 1. The monoisotopic (exact) mass is 427 g/mol. The predicted octanol–water partition coefficient (Wildman–Crippen LogP) is 4.61. The molecule has 0 radical (unpaired) electrons. The first-order valence-corrected chi connectivity index (χ1v) is 11.7. The van der Waals surface area contributed by atoms with Crippen molar-refractivity contribution in [2.24, 2.45) is 0 Å². The number of nitrogens with zero attached hydrogens (tertiary/aromatic N) is 1. The molecule has 2 aromatic rings. The third-order valence-electron chi connectivity index (χ3n) is 5.39. The number of aliphatic hydroxyl groups excluding tert-OH is 1. The Morgan fingerprint density at radius 2 is 1.80 bits per heavy atom. The van der Waals surface area contributed by atoms with Gasteiger partial charge in [-0.25, -0.2) is 9.78 Å². The molecule has 1 N–H and O–H groups in total. The lowest BCUT2D eigenvalue weighted by Gasteiger charge is -2.26. The Balaban J connectivity index is 1.79. The molecular weight excluding hydrogens is 398 g/mol. The Labute approximate surface area is 180 Å². The molecule has 5 nitrogen and oxygen atoms in total. The van der Waals surface area contributed by atoms with Crippen LogP contribution in [0.25, 0.3) is 5.57 Å². The first kappa shape index (κ1) is 22.2. The number of aliphatic hydroxyl groups is 1. The van der Waals surface area contributed by atoms with Gasteiger partial charge in [0.15, 0.2) is 0 Å². The predicted molar refractivity (Wildman–Crippen MR) is 119 cm³/mol. The number of carbonyl (C=O) groups excluding carboxylic acids is 1. The van der Waals surface area contributed by atoms with Gasteiger partial charge in [-0.1, -0.05) is 37.6 Å². The molecule has 6 heteroatoms. The molecule has 0 spiro atoms. The van der Waals surface area contributed by atoms with Gasteiger partial charge in [0.2, 0.25) is 0 Å². The second-order valence-corrected chi connectivity index (χ2v) is 9.25. The quantitative estimate of drug-likeness (QED) is 0.653. The fourth-order valence-electron chi connectivity index (χ4n) is 3.85. The van der Waals surface area contributed by atoms with E-state index in [1.54, 1.807) is 12.3 Å². The number of rotatable bonds is 7. The maximum absolute atomic E-state index is 12.9. The molecule has 2 heterocycles. The molecule has 0 bridgehead atoms. The van der Waals surface area contributed by atoms with Crippen LogP contribution in [0.15, 0.2) is 41.2 Å². The highest BCUT2D eigenvalue weighted by molar-refractivity contribution is 7.84. The Morgan fingerprint density at radius 3 is 2.33 bits per heavy atom. The number of carbonyl (C=O) groups is 1. The minimum absolute atomic E-state index is 0.0590. The Kier molecular flexibility index (Phi) is 7.08. The lowest BCUT2D eigenvalue weighted by Crippen LogP contribution is -2.28. The van der Waals surface area contributed by atoms with E-state index in [1.807, 2.05) is 33.8 Å². The van der Waals surface area contributed by atoms with Gasteiger partial charge in [-0.3, -0.25) is 4.21 Å². The standard InChI is InChI=1S/C24H29NO4S/c1-5-17-11-16(4)12-18(6-2)22(17)23-20(26)13-19(29-24(23)27)9-10-30(28)21-8-7-15(3)14-25-21/h7-8,11-12,14,19,26H,5-6,9-10,13H2,1-4H3. The summed E-state index contributed by atoms with van der Waals surface area (Å²) in [5, 5.41) is 11.3. The van der Waals surface area contributed by atoms with Gasteiger partial charge in [0, 0.05) is 18.4 Å². The van der Waals surface area contributed by atoms with Gasteiger partial charge in [-0.2, -0.15) is 0 Å². The third-order valence-corrected chi connectivity index (χ3v) is 6.70. The van der Waals surface area contributed by atoms with Crippen molar-refractivity contribution < 1.29 is 18.8 Å². The van der Waals surface area contributed by atoms with Crippen molar-refractivity contribution in [2.45, 2.75) is 64.5 Å². The first-order chi connectivity index (χ1) is 14.3. The molecule has 160 valence electrons. The molecule has 1 aromatic carbocycles. The van der Waals surface area contributed by atoms with E-state index in [1.165, 1.54) is 0 Å². The normalized spacial score (nSPS) is 17.7. The van der Waals surface area contributed by atoms with Crippen molar-refractivity contribution in [3.63, 3.8) is 0 Å². The summed E-state index contributed by atoms with van der Waals surface area (Å²) in [6.07, 6.45) is 3.36. The minimum Gasteiger partial charge on any atom is -0.511 e. The molecule has 0 aliphatic carbocycles. The molecule has 1 aromatic heterocycles. The molecule has 0 saturated heterocycles. The Bertz CT molecular complexity index is 970. The largest absolute Gasteiger partial charge is 0.511 e. The molecular formula is C24H29NO4S. The van der Waals surface area contributed by atoms with Crippen molar-refractivity contribution in [1.29, 1.82) is 0 Å². The number of cyclic esters (lactones) is 1. The lowest BCUT2D eigenvalue weighted by molar-refractivity contribution is -0.143. The highest BCUT2D eigenvalue weighted by Crippen LogP contribution is 2.34. The zero-order valence-electron chi connectivity index (χ0n) is 18.0. The number of benzene rings is 1. The molecule has 0 amide bonds. The number of esters is 1. The van der Waals surface area contributed by atoms with Crippen LogP contribution >= 0.6 is 0 Å². The van der Waals surface area contributed by atoms with Crippen LogP contribution in [0.1, 0.15) is 54.5 Å². The first-order valence-electron chi connectivity index (χ1n) is 10.4. The van der Waals surface area contributed by atoms with Crippen molar-refractivity contribution in [3.05, 3.63) is 64.0 Å². The van der Waals surface area contributed by atoms with Crippen LogP contribution in [0, 0.1) is 13.8 Å². The van der Waals surface area contributed by atoms with E-state index >= 15 is 0 Å². The highest BCUT2D eigenvalue weighted by Gasteiger charge is 2.32. The third kappa shape index (κ3) is 4.81. The van der Waals surface area contributed by atoms with E-state index in [4.69, 9.17) is 4.74 Å². The molecule has 2 atom stereocenters. The van der Waals surface area contributed by atoms with Gasteiger partial charge >= 0.3 is 5.97 Å². The van der Waals surface area contributed by atoms with E-state index < -0.39 is 22.9 Å². The van der Waals surface area contributed by atoms with E-state index in [2.05, 4.69) is 17.1 Å². The zero-order chi connectivity index (χ0) is 21.8. The van der Waals surface area contributed by atoms with Gasteiger partial charge in [0.25, 0.3) is 0 Å². The number of hydrogen-bond donors (Lipinski definition) is 1. The topological polar surface area (TPSA) is 76.5 Å². The van der Waals surface area contributed by atoms with Gasteiger partial charge in [-0.15, -0.1) is 0 Å². The second-order valence-electron chi connectivity index (χ2n) is 7.73. The van der Waals surface area contributed by atoms with Crippen molar-refractivity contribution in [1.82, 2.24) is 4.98 Å². The van der Waals surface area contributed by atoms with Gasteiger partial charge in [0.05, 0.1) is 10.8 Å². The lowest BCUT2D eigenvalue weighted by atomic mass is 9.87. The second kappa shape index (κ2) is 9.56. The van der Waals surface area contributed by atoms with Crippen molar-refractivity contribution >= 4 is 22.3 Å². The zero-order valence-corrected chi connectivity index (χ0v) is 18.8. The summed E-state index contributed by atoms with van der Waals surface area (Å²) in [6.45, 7) is 8.05. The van der Waals surface area contributed by atoms with Crippen molar-refractivity contribution in [3.8, 4) is 0 Å². The summed E-state index contributed by atoms with van der Waals surface area (Å²) in [5.74, 6) is -0.123. The van der Waals surface area contributed by atoms with Crippen LogP contribution in [0.3, 0.4) is 0 Å².